The molecule has 2 aromatic rings. The van der Waals surface area contributed by atoms with Crippen LogP contribution >= 0.6 is 0 Å². The molecule has 0 radical (unpaired) electrons. The Labute approximate surface area is 174 Å². The molecule has 0 atom stereocenters. The van der Waals surface area contributed by atoms with Crippen molar-refractivity contribution in [3.63, 3.8) is 0 Å². The van der Waals surface area contributed by atoms with E-state index in [0.29, 0.717) is 13.2 Å². The maximum atomic E-state index is 12.9. The van der Waals surface area contributed by atoms with Gasteiger partial charge in [-0.15, -0.1) is 0 Å². The van der Waals surface area contributed by atoms with Crippen molar-refractivity contribution in [2.45, 2.75) is 38.8 Å². The number of carbonyl (C=O) groups is 1. The Kier molecular flexibility index (Phi) is 8.08. The number of hydrogen-bond acceptors (Lipinski definition) is 4. The predicted octanol–water partition coefficient (Wildman–Crippen LogP) is 3.68. The largest absolute Gasteiger partial charge is 0.378 e. The van der Waals surface area contributed by atoms with E-state index in [0.717, 1.165) is 56.7 Å². The van der Waals surface area contributed by atoms with Gasteiger partial charge in [-0.3, -0.25) is 4.79 Å². The van der Waals surface area contributed by atoms with Crippen molar-refractivity contribution in [1.82, 2.24) is 4.90 Å². The van der Waals surface area contributed by atoms with Crippen molar-refractivity contribution in [2.24, 2.45) is 5.73 Å². The third-order valence-corrected chi connectivity index (χ3v) is 5.51. The zero-order valence-corrected chi connectivity index (χ0v) is 17.4. The molecule has 29 heavy (non-hydrogen) atoms. The SMILES string of the molecule is CCN(Cc1ccccc1)c1ccc(C(=O)N2CCC(OCCCN)CC2)cc1. The molecule has 1 amide bonds. The van der Waals surface area contributed by atoms with Gasteiger partial charge in [-0.2, -0.15) is 0 Å². The Balaban J connectivity index is 1.54. The zero-order chi connectivity index (χ0) is 20.5. The summed E-state index contributed by atoms with van der Waals surface area (Å²) in [6.07, 6.45) is 2.94. The van der Waals surface area contributed by atoms with Crippen LogP contribution in [-0.2, 0) is 11.3 Å². The van der Waals surface area contributed by atoms with Crippen LogP contribution in [0.4, 0.5) is 5.69 Å². The highest BCUT2D eigenvalue weighted by Crippen LogP contribution is 2.21. The Morgan fingerprint density at radius 3 is 2.41 bits per heavy atom. The fraction of sp³-hybridized carbons (Fsp3) is 0.458. The highest BCUT2D eigenvalue weighted by Gasteiger charge is 2.24. The predicted molar refractivity (Wildman–Crippen MR) is 118 cm³/mol. The molecule has 1 fully saturated rings. The first kappa shape index (κ1) is 21.3. The summed E-state index contributed by atoms with van der Waals surface area (Å²) in [4.78, 5) is 17.1. The van der Waals surface area contributed by atoms with E-state index in [9.17, 15) is 4.79 Å². The molecule has 0 aliphatic carbocycles. The Morgan fingerprint density at radius 2 is 1.79 bits per heavy atom. The summed E-state index contributed by atoms with van der Waals surface area (Å²) in [6.45, 7) is 6.82. The van der Waals surface area contributed by atoms with Crippen molar-refractivity contribution in [3.8, 4) is 0 Å². The summed E-state index contributed by atoms with van der Waals surface area (Å²) in [5.41, 5.74) is 8.69. The van der Waals surface area contributed by atoms with E-state index in [2.05, 4.69) is 48.2 Å². The highest BCUT2D eigenvalue weighted by molar-refractivity contribution is 5.94. The van der Waals surface area contributed by atoms with E-state index < -0.39 is 0 Å². The molecule has 0 spiro atoms. The number of rotatable bonds is 9. The summed E-state index contributed by atoms with van der Waals surface area (Å²) in [5.74, 6) is 0.114. The fourth-order valence-corrected chi connectivity index (χ4v) is 3.75. The smallest absolute Gasteiger partial charge is 0.253 e. The summed E-state index contributed by atoms with van der Waals surface area (Å²) in [6, 6.07) is 18.5. The van der Waals surface area contributed by atoms with Crippen molar-refractivity contribution < 1.29 is 9.53 Å². The minimum Gasteiger partial charge on any atom is -0.378 e. The number of hydrogen-bond donors (Lipinski definition) is 1. The van der Waals surface area contributed by atoms with Crippen LogP contribution in [0.25, 0.3) is 0 Å². The van der Waals surface area contributed by atoms with Gasteiger partial charge < -0.3 is 20.3 Å². The summed E-state index contributed by atoms with van der Waals surface area (Å²) in [5, 5.41) is 0. The lowest BCUT2D eigenvalue weighted by atomic mass is 10.1. The van der Waals surface area contributed by atoms with E-state index in [1.807, 2.05) is 23.1 Å². The van der Waals surface area contributed by atoms with E-state index in [4.69, 9.17) is 10.5 Å². The monoisotopic (exact) mass is 395 g/mol. The van der Waals surface area contributed by atoms with Gasteiger partial charge in [0.1, 0.15) is 0 Å². The second kappa shape index (κ2) is 11.0. The van der Waals surface area contributed by atoms with E-state index in [1.54, 1.807) is 0 Å². The van der Waals surface area contributed by atoms with Crippen LogP contribution < -0.4 is 10.6 Å². The topological polar surface area (TPSA) is 58.8 Å². The average molecular weight is 396 g/mol. The molecular formula is C24H33N3O2. The Hall–Kier alpha value is -2.37. The summed E-state index contributed by atoms with van der Waals surface area (Å²) in [7, 11) is 0. The van der Waals surface area contributed by atoms with Gasteiger partial charge in [0.2, 0.25) is 0 Å². The first-order valence-corrected chi connectivity index (χ1v) is 10.7. The minimum atomic E-state index is 0.114. The molecule has 0 bridgehead atoms. The van der Waals surface area contributed by atoms with E-state index in [-0.39, 0.29) is 12.0 Å². The van der Waals surface area contributed by atoms with Gasteiger partial charge in [-0.1, -0.05) is 30.3 Å². The van der Waals surface area contributed by atoms with E-state index >= 15 is 0 Å². The van der Waals surface area contributed by atoms with Crippen molar-refractivity contribution in [2.75, 3.05) is 37.7 Å². The molecular weight excluding hydrogens is 362 g/mol. The number of likely N-dealkylation sites (tertiary alicyclic amines) is 1. The normalized spacial score (nSPS) is 14.8. The summed E-state index contributed by atoms with van der Waals surface area (Å²) < 4.78 is 5.84. The number of nitrogens with zero attached hydrogens (tertiary/aromatic N) is 2. The number of benzene rings is 2. The van der Waals surface area contributed by atoms with Crippen molar-refractivity contribution in [1.29, 1.82) is 0 Å². The maximum Gasteiger partial charge on any atom is 0.253 e. The third-order valence-electron chi connectivity index (χ3n) is 5.51. The Bertz CT molecular complexity index is 740. The molecule has 3 rings (SSSR count). The number of anilines is 1. The molecule has 1 aliphatic rings. The fourth-order valence-electron chi connectivity index (χ4n) is 3.75. The molecule has 0 unspecified atom stereocenters. The molecule has 0 aromatic heterocycles. The average Bonchev–Trinajstić information content (AvgIpc) is 2.78. The number of ether oxygens (including phenoxy) is 1. The van der Waals surface area contributed by atoms with Crippen LogP contribution in [0.2, 0.25) is 0 Å². The number of nitrogens with two attached hydrogens (primary N) is 1. The molecule has 156 valence electrons. The number of piperidine rings is 1. The van der Waals surface area contributed by atoms with Gasteiger partial charge in [0.25, 0.3) is 5.91 Å². The van der Waals surface area contributed by atoms with Crippen LogP contribution in [-0.4, -0.2) is 49.7 Å². The van der Waals surface area contributed by atoms with Gasteiger partial charge in [0.15, 0.2) is 0 Å². The molecule has 1 saturated heterocycles. The van der Waals surface area contributed by atoms with Crippen LogP contribution in [0, 0.1) is 0 Å². The van der Waals surface area contributed by atoms with Crippen LogP contribution in [0.15, 0.2) is 54.6 Å². The van der Waals surface area contributed by atoms with E-state index in [1.165, 1.54) is 5.56 Å². The van der Waals surface area contributed by atoms with Crippen LogP contribution in [0.1, 0.15) is 42.1 Å². The van der Waals surface area contributed by atoms with Crippen LogP contribution in [0.3, 0.4) is 0 Å². The second-order valence-electron chi connectivity index (χ2n) is 7.55. The van der Waals surface area contributed by atoms with Crippen LogP contribution in [0.5, 0.6) is 0 Å². The maximum absolute atomic E-state index is 12.9. The molecule has 2 N–H and O–H groups in total. The van der Waals surface area contributed by atoms with Gasteiger partial charge in [0.05, 0.1) is 6.10 Å². The number of amides is 1. The third kappa shape index (κ3) is 6.05. The molecule has 5 heteroatoms. The lowest BCUT2D eigenvalue weighted by Crippen LogP contribution is -2.41. The highest BCUT2D eigenvalue weighted by atomic mass is 16.5. The first-order chi connectivity index (χ1) is 14.2. The standard InChI is InChI=1S/C24H33N3O2/c1-2-26(19-20-7-4-3-5-8-20)22-11-9-21(10-12-22)24(28)27-16-13-23(14-17-27)29-18-6-15-25/h3-5,7-12,23H,2,6,13-19,25H2,1H3. The van der Waals surface area contributed by atoms with Crippen molar-refractivity contribution >= 4 is 11.6 Å². The van der Waals surface area contributed by atoms with Gasteiger partial charge in [-0.05, 0) is 62.6 Å². The summed E-state index contributed by atoms with van der Waals surface area (Å²) >= 11 is 0. The van der Waals surface area contributed by atoms with Gasteiger partial charge in [0, 0.05) is 44.0 Å². The molecule has 1 heterocycles. The quantitative estimate of drug-likeness (QED) is 0.658. The first-order valence-electron chi connectivity index (χ1n) is 10.7. The Morgan fingerprint density at radius 1 is 1.10 bits per heavy atom. The number of carbonyl (C=O) groups excluding carboxylic acids is 1. The van der Waals surface area contributed by atoms with Gasteiger partial charge >= 0.3 is 0 Å². The van der Waals surface area contributed by atoms with Crippen molar-refractivity contribution in [3.05, 3.63) is 65.7 Å². The zero-order valence-electron chi connectivity index (χ0n) is 17.4. The van der Waals surface area contributed by atoms with Gasteiger partial charge in [-0.25, -0.2) is 0 Å². The lowest BCUT2D eigenvalue weighted by Gasteiger charge is -2.32. The molecule has 5 nitrogen and oxygen atoms in total. The molecule has 2 aromatic carbocycles. The molecule has 1 aliphatic heterocycles. The molecule has 0 saturated carbocycles. The minimum absolute atomic E-state index is 0.114. The lowest BCUT2D eigenvalue weighted by molar-refractivity contribution is 0.00845. The second-order valence-corrected chi connectivity index (χ2v) is 7.55.